The molecule has 0 saturated carbocycles. The van der Waals surface area contributed by atoms with E-state index in [1.165, 1.54) is 0 Å². The van der Waals surface area contributed by atoms with Crippen molar-refractivity contribution in [2.75, 3.05) is 0 Å². The molecule has 25 heavy (non-hydrogen) atoms. The molecule has 0 aliphatic rings. The zero-order valence-corrected chi connectivity index (χ0v) is 14.2. The van der Waals surface area contributed by atoms with Gasteiger partial charge in [-0.3, -0.25) is 4.79 Å². The van der Waals surface area contributed by atoms with E-state index in [9.17, 15) is 4.79 Å². The summed E-state index contributed by atoms with van der Waals surface area (Å²) in [6.07, 6.45) is -0.0414. The Labute approximate surface area is 151 Å². The zero-order valence-electron chi connectivity index (χ0n) is 13.5. The molecular weight excluding hydrogens is 336 g/mol. The molecular formula is C21H17ClO3. The van der Waals surface area contributed by atoms with E-state index < -0.39 is 5.97 Å². The summed E-state index contributed by atoms with van der Waals surface area (Å²) in [5, 5.41) is 9.40. The molecule has 0 aliphatic heterocycles. The van der Waals surface area contributed by atoms with Crippen LogP contribution in [0, 0.1) is 0 Å². The van der Waals surface area contributed by atoms with Crippen molar-refractivity contribution in [1.82, 2.24) is 0 Å². The van der Waals surface area contributed by atoms with Crippen molar-refractivity contribution in [3.05, 3.63) is 88.9 Å². The second kappa shape index (κ2) is 7.86. The quantitative estimate of drug-likeness (QED) is 0.662. The van der Waals surface area contributed by atoms with E-state index >= 15 is 0 Å². The van der Waals surface area contributed by atoms with Crippen LogP contribution < -0.4 is 4.74 Å². The molecule has 0 spiro atoms. The van der Waals surface area contributed by atoms with Crippen molar-refractivity contribution in [1.29, 1.82) is 0 Å². The highest BCUT2D eigenvalue weighted by Crippen LogP contribution is 2.31. The fourth-order valence-corrected chi connectivity index (χ4v) is 2.88. The van der Waals surface area contributed by atoms with Gasteiger partial charge in [0.2, 0.25) is 0 Å². The van der Waals surface area contributed by atoms with Crippen molar-refractivity contribution in [3.8, 4) is 16.9 Å². The monoisotopic (exact) mass is 352 g/mol. The van der Waals surface area contributed by atoms with Crippen LogP contribution in [-0.2, 0) is 17.8 Å². The van der Waals surface area contributed by atoms with Crippen molar-refractivity contribution in [3.63, 3.8) is 0 Å². The minimum Gasteiger partial charge on any atom is -0.489 e. The smallest absolute Gasteiger partial charge is 0.307 e. The number of hydrogen-bond donors (Lipinski definition) is 1. The van der Waals surface area contributed by atoms with Gasteiger partial charge in [-0.1, -0.05) is 66.2 Å². The number of carbonyl (C=O) groups is 1. The second-order valence-corrected chi connectivity index (χ2v) is 6.09. The second-order valence-electron chi connectivity index (χ2n) is 5.69. The van der Waals surface area contributed by atoms with Crippen molar-refractivity contribution in [2.24, 2.45) is 0 Å². The average molecular weight is 353 g/mol. The van der Waals surface area contributed by atoms with Gasteiger partial charge >= 0.3 is 5.97 Å². The Morgan fingerprint density at radius 3 is 2.44 bits per heavy atom. The number of hydrogen-bond acceptors (Lipinski definition) is 2. The Morgan fingerprint density at radius 2 is 1.72 bits per heavy atom. The maximum absolute atomic E-state index is 10.8. The lowest BCUT2D eigenvalue weighted by atomic mass is 10.0. The van der Waals surface area contributed by atoms with Crippen LogP contribution in [0.2, 0.25) is 5.02 Å². The number of ether oxygens (including phenoxy) is 1. The van der Waals surface area contributed by atoms with Crippen molar-refractivity contribution < 1.29 is 14.6 Å². The normalized spacial score (nSPS) is 10.4. The fourth-order valence-electron chi connectivity index (χ4n) is 2.57. The number of halogens is 1. The third kappa shape index (κ3) is 4.61. The Balaban J connectivity index is 1.78. The summed E-state index contributed by atoms with van der Waals surface area (Å²) in [7, 11) is 0. The molecule has 0 atom stereocenters. The number of carboxylic acid groups (broad SMARTS) is 1. The molecule has 3 aromatic carbocycles. The molecule has 1 N–H and O–H groups in total. The molecule has 3 rings (SSSR count). The summed E-state index contributed by atoms with van der Waals surface area (Å²) in [4.78, 5) is 10.8. The molecule has 0 amide bonds. The van der Waals surface area contributed by atoms with Gasteiger partial charge < -0.3 is 9.84 Å². The number of aliphatic carboxylic acids is 1. The highest BCUT2D eigenvalue weighted by molar-refractivity contribution is 6.33. The van der Waals surface area contributed by atoms with Crippen LogP contribution in [-0.4, -0.2) is 11.1 Å². The number of rotatable bonds is 6. The topological polar surface area (TPSA) is 46.5 Å². The van der Waals surface area contributed by atoms with Gasteiger partial charge in [-0.2, -0.15) is 0 Å². The summed E-state index contributed by atoms with van der Waals surface area (Å²) in [6.45, 7) is 0.496. The van der Waals surface area contributed by atoms with E-state index in [1.807, 2.05) is 60.7 Å². The first-order valence-corrected chi connectivity index (χ1v) is 8.27. The van der Waals surface area contributed by atoms with Gasteiger partial charge in [0.05, 0.1) is 6.42 Å². The highest BCUT2D eigenvalue weighted by atomic mass is 35.5. The summed E-state index contributed by atoms with van der Waals surface area (Å²) in [6, 6.07) is 23.0. The van der Waals surface area contributed by atoms with E-state index in [0.29, 0.717) is 17.2 Å². The van der Waals surface area contributed by atoms with E-state index in [1.54, 1.807) is 12.1 Å². The summed E-state index contributed by atoms with van der Waals surface area (Å²) < 4.78 is 5.85. The van der Waals surface area contributed by atoms with Gasteiger partial charge in [0, 0.05) is 10.6 Å². The molecule has 0 unspecified atom stereocenters. The van der Waals surface area contributed by atoms with Crippen LogP contribution in [0.1, 0.15) is 11.1 Å². The van der Waals surface area contributed by atoms with Gasteiger partial charge in [-0.05, 0) is 34.9 Å². The first-order chi connectivity index (χ1) is 12.1. The lowest BCUT2D eigenvalue weighted by molar-refractivity contribution is -0.136. The molecule has 0 aliphatic carbocycles. The molecule has 0 heterocycles. The molecule has 3 nitrogen and oxygen atoms in total. The Bertz CT molecular complexity index is 875. The Hall–Kier alpha value is -2.78. The molecule has 0 aromatic heterocycles. The van der Waals surface area contributed by atoms with Crippen LogP contribution in [0.5, 0.6) is 5.75 Å². The number of carboxylic acids is 1. The predicted molar refractivity (Wildman–Crippen MR) is 99.0 cm³/mol. The van der Waals surface area contributed by atoms with Crippen molar-refractivity contribution >= 4 is 17.6 Å². The fraction of sp³-hybridized carbons (Fsp3) is 0.0952. The van der Waals surface area contributed by atoms with E-state index in [0.717, 1.165) is 22.4 Å². The molecule has 4 heteroatoms. The molecule has 0 bridgehead atoms. The van der Waals surface area contributed by atoms with Gasteiger partial charge in [0.25, 0.3) is 0 Å². The Morgan fingerprint density at radius 1 is 0.920 bits per heavy atom. The highest BCUT2D eigenvalue weighted by Gasteiger charge is 2.08. The average Bonchev–Trinajstić information content (AvgIpc) is 2.61. The summed E-state index contributed by atoms with van der Waals surface area (Å²) in [5.74, 6) is -0.118. The van der Waals surface area contributed by atoms with E-state index in [2.05, 4.69) is 0 Å². The molecule has 3 aromatic rings. The summed E-state index contributed by atoms with van der Waals surface area (Å²) in [5.41, 5.74) is 3.56. The standard InChI is InChI=1S/C21H17ClO3/c22-20-11-16(12-21(23)24)9-10-19(20)17-7-4-8-18(13-17)25-14-15-5-2-1-3-6-15/h1-11,13H,12,14H2,(H,23,24). The molecule has 126 valence electrons. The van der Waals surface area contributed by atoms with Crippen LogP contribution in [0.3, 0.4) is 0 Å². The van der Waals surface area contributed by atoms with Crippen LogP contribution in [0.4, 0.5) is 0 Å². The number of benzene rings is 3. The lowest BCUT2D eigenvalue weighted by Crippen LogP contribution is -2.00. The van der Waals surface area contributed by atoms with Gasteiger partial charge in [0.15, 0.2) is 0 Å². The molecule has 0 fully saturated rings. The zero-order chi connectivity index (χ0) is 17.6. The SMILES string of the molecule is O=C(O)Cc1ccc(-c2cccc(OCc3ccccc3)c2)c(Cl)c1. The van der Waals surface area contributed by atoms with Gasteiger partial charge in [0.1, 0.15) is 12.4 Å². The van der Waals surface area contributed by atoms with E-state index in [-0.39, 0.29) is 6.42 Å². The predicted octanol–water partition coefficient (Wildman–Crippen LogP) is 5.21. The third-order valence-electron chi connectivity index (χ3n) is 3.78. The van der Waals surface area contributed by atoms with Gasteiger partial charge in [-0.25, -0.2) is 0 Å². The van der Waals surface area contributed by atoms with Crippen LogP contribution in [0.15, 0.2) is 72.8 Å². The Kier molecular flexibility index (Phi) is 5.36. The first-order valence-electron chi connectivity index (χ1n) is 7.89. The minimum atomic E-state index is -0.875. The van der Waals surface area contributed by atoms with E-state index in [4.69, 9.17) is 21.4 Å². The maximum atomic E-state index is 10.8. The lowest BCUT2D eigenvalue weighted by Gasteiger charge is -2.10. The first kappa shape index (κ1) is 17.1. The largest absolute Gasteiger partial charge is 0.489 e. The maximum Gasteiger partial charge on any atom is 0.307 e. The third-order valence-corrected chi connectivity index (χ3v) is 4.09. The van der Waals surface area contributed by atoms with Crippen LogP contribution >= 0.6 is 11.6 Å². The van der Waals surface area contributed by atoms with Crippen molar-refractivity contribution in [2.45, 2.75) is 13.0 Å². The van der Waals surface area contributed by atoms with Gasteiger partial charge in [-0.15, -0.1) is 0 Å². The minimum absolute atomic E-state index is 0.0414. The molecule has 0 radical (unpaired) electrons. The molecule has 0 saturated heterocycles. The summed E-state index contributed by atoms with van der Waals surface area (Å²) >= 11 is 6.34. The van der Waals surface area contributed by atoms with Crippen LogP contribution in [0.25, 0.3) is 11.1 Å².